The zero-order valence-corrected chi connectivity index (χ0v) is 6.27. The van der Waals surface area contributed by atoms with E-state index in [1.165, 1.54) is 32.2 Å². The maximum atomic E-state index is 3.28. The van der Waals surface area contributed by atoms with Crippen LogP contribution < -0.4 is 4.99 Å². The first-order chi connectivity index (χ1) is 4.97. The Morgan fingerprint density at radius 3 is 3.30 bits per heavy atom. The Bertz CT molecular complexity index is 179. The summed E-state index contributed by atoms with van der Waals surface area (Å²) >= 11 is 0. The van der Waals surface area contributed by atoms with Crippen LogP contribution in [0.5, 0.6) is 0 Å². The van der Waals surface area contributed by atoms with Crippen molar-refractivity contribution in [3.63, 3.8) is 0 Å². The molecule has 0 amide bonds. The second-order valence-corrected chi connectivity index (χ2v) is 3.26. The third-order valence-corrected chi connectivity index (χ3v) is 2.57. The van der Waals surface area contributed by atoms with Gasteiger partial charge >= 0.3 is 0 Å². The molecular formula is C9H14N+. The van der Waals surface area contributed by atoms with Crippen molar-refractivity contribution in [3.05, 3.63) is 11.6 Å². The molecule has 1 N–H and O–H groups in total. The van der Waals surface area contributed by atoms with E-state index in [1.807, 2.05) is 0 Å². The highest BCUT2D eigenvalue weighted by atomic mass is 14.7. The van der Waals surface area contributed by atoms with E-state index in [-0.39, 0.29) is 0 Å². The van der Waals surface area contributed by atoms with E-state index in [0.717, 1.165) is 5.92 Å². The van der Waals surface area contributed by atoms with Crippen LogP contribution in [-0.2, 0) is 0 Å². The van der Waals surface area contributed by atoms with E-state index in [9.17, 15) is 0 Å². The Kier molecular flexibility index (Phi) is 1.58. The van der Waals surface area contributed by atoms with Crippen LogP contribution >= 0.6 is 0 Å². The Labute approximate surface area is 61.9 Å². The Balaban J connectivity index is 2.14. The predicted molar refractivity (Wildman–Crippen MR) is 41.9 cm³/mol. The van der Waals surface area contributed by atoms with Crippen molar-refractivity contribution in [2.45, 2.75) is 25.7 Å². The van der Waals surface area contributed by atoms with Crippen LogP contribution in [0.25, 0.3) is 0 Å². The summed E-state index contributed by atoms with van der Waals surface area (Å²) < 4.78 is 0. The number of hydrogen-bond donors (Lipinski definition) is 1. The van der Waals surface area contributed by atoms with Gasteiger partial charge in [0.1, 0.15) is 6.54 Å². The molecule has 1 aliphatic heterocycles. The molecule has 0 radical (unpaired) electrons. The maximum Gasteiger partial charge on any atom is 0.161 e. The van der Waals surface area contributed by atoms with Crippen LogP contribution in [-0.4, -0.2) is 12.8 Å². The Morgan fingerprint density at radius 1 is 1.40 bits per heavy atom. The molecule has 1 aliphatic carbocycles. The average Bonchev–Trinajstić information content (AvgIpc) is 2.05. The fourth-order valence-corrected chi connectivity index (χ4v) is 1.94. The molecule has 0 spiro atoms. The van der Waals surface area contributed by atoms with Gasteiger partial charge < -0.3 is 0 Å². The molecule has 1 atom stereocenters. The number of allylic oxidation sites excluding steroid dienone is 1. The van der Waals surface area contributed by atoms with Gasteiger partial charge in [-0.25, -0.2) is 4.99 Å². The summed E-state index contributed by atoms with van der Waals surface area (Å²) in [5, 5.41) is 0. The SMILES string of the molecule is C1=[NH+]CC2CCCCC2=C1. The standard InChI is InChI=1S/C9H13N/c1-2-4-9-7-10-6-5-8(9)3-1/h5-6,9H,1-4,7H2/p+1. The molecule has 0 aromatic carbocycles. The minimum absolute atomic E-state index is 0.874. The molecule has 1 heterocycles. The molecule has 2 aliphatic rings. The van der Waals surface area contributed by atoms with Gasteiger partial charge in [0.25, 0.3) is 0 Å². The summed E-state index contributed by atoms with van der Waals surface area (Å²) in [6.07, 6.45) is 9.97. The molecule has 1 nitrogen and oxygen atoms in total. The van der Waals surface area contributed by atoms with E-state index in [2.05, 4.69) is 17.3 Å². The predicted octanol–water partition coefficient (Wildman–Crippen LogP) is 0.268. The summed E-state index contributed by atoms with van der Waals surface area (Å²) in [5.41, 5.74) is 1.69. The first-order valence-electron chi connectivity index (χ1n) is 4.22. The quantitative estimate of drug-likeness (QED) is 0.491. The number of hydrogen-bond acceptors (Lipinski definition) is 0. The zero-order valence-electron chi connectivity index (χ0n) is 6.27. The lowest BCUT2D eigenvalue weighted by Crippen LogP contribution is -2.72. The fraction of sp³-hybridized carbons (Fsp3) is 0.667. The first kappa shape index (κ1) is 6.14. The van der Waals surface area contributed by atoms with E-state index < -0.39 is 0 Å². The van der Waals surface area contributed by atoms with Crippen LogP contribution in [0.3, 0.4) is 0 Å². The van der Waals surface area contributed by atoms with Gasteiger partial charge in [-0.2, -0.15) is 0 Å². The molecular weight excluding hydrogens is 122 g/mol. The first-order valence-corrected chi connectivity index (χ1v) is 4.22. The highest BCUT2D eigenvalue weighted by Crippen LogP contribution is 2.28. The average molecular weight is 136 g/mol. The lowest BCUT2D eigenvalue weighted by Gasteiger charge is -2.22. The van der Waals surface area contributed by atoms with Crippen molar-refractivity contribution in [2.75, 3.05) is 6.54 Å². The maximum absolute atomic E-state index is 3.28. The second-order valence-electron chi connectivity index (χ2n) is 3.26. The summed E-state index contributed by atoms with van der Waals surface area (Å²) in [7, 11) is 0. The molecule has 0 aromatic rings. The molecule has 1 unspecified atom stereocenters. The van der Waals surface area contributed by atoms with Crippen LogP contribution in [0, 0.1) is 5.92 Å². The second kappa shape index (κ2) is 2.57. The van der Waals surface area contributed by atoms with Crippen LogP contribution in [0.1, 0.15) is 25.7 Å². The van der Waals surface area contributed by atoms with Crippen LogP contribution in [0.2, 0.25) is 0 Å². The highest BCUT2D eigenvalue weighted by molar-refractivity contribution is 5.67. The lowest BCUT2D eigenvalue weighted by atomic mass is 9.83. The van der Waals surface area contributed by atoms with Crippen molar-refractivity contribution in [3.8, 4) is 0 Å². The lowest BCUT2D eigenvalue weighted by molar-refractivity contribution is -0.460. The zero-order chi connectivity index (χ0) is 6.81. The highest BCUT2D eigenvalue weighted by Gasteiger charge is 2.21. The minimum Gasteiger partial charge on any atom is -0.248 e. The van der Waals surface area contributed by atoms with Crippen molar-refractivity contribution < 1.29 is 4.99 Å². The van der Waals surface area contributed by atoms with Gasteiger partial charge in [0.15, 0.2) is 6.21 Å². The van der Waals surface area contributed by atoms with Crippen LogP contribution in [0.4, 0.5) is 0 Å². The van der Waals surface area contributed by atoms with Gasteiger partial charge in [-0.1, -0.05) is 12.0 Å². The normalized spacial score (nSPS) is 31.2. The number of nitrogens with one attached hydrogen (secondary N) is 1. The van der Waals surface area contributed by atoms with Gasteiger partial charge in [-0.3, -0.25) is 0 Å². The third kappa shape index (κ3) is 1.00. The molecule has 54 valence electrons. The summed E-state index contributed by atoms with van der Waals surface area (Å²) in [6.45, 7) is 1.19. The van der Waals surface area contributed by atoms with Crippen LogP contribution in [0.15, 0.2) is 11.6 Å². The molecule has 10 heavy (non-hydrogen) atoms. The van der Waals surface area contributed by atoms with Gasteiger partial charge in [0.2, 0.25) is 0 Å². The molecule has 2 rings (SSSR count). The molecule has 1 saturated carbocycles. The van der Waals surface area contributed by atoms with Crippen molar-refractivity contribution in [1.82, 2.24) is 0 Å². The molecule has 0 bridgehead atoms. The van der Waals surface area contributed by atoms with Crippen molar-refractivity contribution in [1.29, 1.82) is 0 Å². The Morgan fingerprint density at radius 2 is 2.40 bits per heavy atom. The van der Waals surface area contributed by atoms with E-state index in [1.54, 1.807) is 5.57 Å². The van der Waals surface area contributed by atoms with E-state index >= 15 is 0 Å². The fourth-order valence-electron chi connectivity index (χ4n) is 1.94. The Hall–Kier alpha value is -0.590. The summed E-state index contributed by atoms with van der Waals surface area (Å²) in [4.78, 5) is 3.28. The largest absolute Gasteiger partial charge is 0.248 e. The van der Waals surface area contributed by atoms with Gasteiger partial charge in [-0.05, 0) is 19.3 Å². The summed E-state index contributed by atoms with van der Waals surface area (Å²) in [5.74, 6) is 0.874. The smallest absolute Gasteiger partial charge is 0.161 e. The molecule has 1 fully saturated rings. The van der Waals surface area contributed by atoms with Crippen molar-refractivity contribution in [2.24, 2.45) is 5.92 Å². The van der Waals surface area contributed by atoms with Gasteiger partial charge in [0.05, 0.1) is 0 Å². The van der Waals surface area contributed by atoms with E-state index in [4.69, 9.17) is 0 Å². The minimum atomic E-state index is 0.874. The topological polar surface area (TPSA) is 14.0 Å². The number of rotatable bonds is 0. The van der Waals surface area contributed by atoms with Crippen molar-refractivity contribution >= 4 is 6.21 Å². The molecule has 0 saturated heterocycles. The monoisotopic (exact) mass is 136 g/mol. The third-order valence-electron chi connectivity index (χ3n) is 2.57. The number of fused-ring (bicyclic) bond motifs is 1. The van der Waals surface area contributed by atoms with Gasteiger partial charge in [0, 0.05) is 12.0 Å². The molecule has 1 heteroatoms. The van der Waals surface area contributed by atoms with E-state index in [0.29, 0.717) is 0 Å². The van der Waals surface area contributed by atoms with Gasteiger partial charge in [-0.15, -0.1) is 0 Å². The summed E-state index contributed by atoms with van der Waals surface area (Å²) in [6, 6.07) is 0. The molecule has 0 aromatic heterocycles.